The van der Waals surface area contributed by atoms with Crippen molar-refractivity contribution in [3.63, 3.8) is 0 Å². The summed E-state index contributed by atoms with van der Waals surface area (Å²) in [7, 11) is -1.62. The van der Waals surface area contributed by atoms with Gasteiger partial charge in [-0.15, -0.1) is 0 Å². The molecule has 0 bridgehead atoms. The Bertz CT molecular complexity index is 1010. The van der Waals surface area contributed by atoms with Crippen molar-refractivity contribution in [2.45, 2.75) is 44.4 Å². The van der Waals surface area contributed by atoms with Gasteiger partial charge >= 0.3 is 0 Å². The molecule has 1 saturated heterocycles. The molecule has 1 fully saturated rings. The van der Waals surface area contributed by atoms with Gasteiger partial charge in [-0.1, -0.05) is 26.0 Å². The molecule has 1 aromatic carbocycles. The van der Waals surface area contributed by atoms with Crippen LogP contribution in [0.3, 0.4) is 0 Å². The highest BCUT2D eigenvalue weighted by molar-refractivity contribution is 7.89. The largest absolute Gasteiger partial charge is 0.342 e. The Balaban J connectivity index is 1.77. The van der Waals surface area contributed by atoms with E-state index in [1.165, 1.54) is 9.88 Å². The van der Waals surface area contributed by atoms with E-state index in [4.69, 9.17) is 0 Å². The first-order valence-electron chi connectivity index (χ1n) is 10.2. The zero-order chi connectivity index (χ0) is 21.2. The minimum absolute atomic E-state index is 0.134. The molecule has 0 spiro atoms. The van der Waals surface area contributed by atoms with Crippen molar-refractivity contribution >= 4 is 27.0 Å². The third kappa shape index (κ3) is 4.38. The van der Waals surface area contributed by atoms with E-state index in [-0.39, 0.29) is 10.8 Å². The molecule has 29 heavy (non-hydrogen) atoms. The van der Waals surface area contributed by atoms with E-state index in [1.807, 2.05) is 30.4 Å². The highest BCUT2D eigenvalue weighted by atomic mass is 32.2. The van der Waals surface area contributed by atoms with Gasteiger partial charge in [-0.05, 0) is 31.0 Å². The smallest absolute Gasteiger partial charge is 0.243 e. The molecule has 0 saturated carbocycles. The van der Waals surface area contributed by atoms with Gasteiger partial charge in [-0.2, -0.15) is 4.31 Å². The van der Waals surface area contributed by atoms with Crippen molar-refractivity contribution in [3.8, 4) is 0 Å². The number of carbonyl (C=O) groups excluding carboxylic acids is 1. The van der Waals surface area contributed by atoms with Crippen LogP contribution in [0.5, 0.6) is 0 Å². The zero-order valence-electron chi connectivity index (χ0n) is 17.5. The lowest BCUT2D eigenvalue weighted by atomic mass is 10.1. The number of rotatable bonds is 7. The van der Waals surface area contributed by atoms with Gasteiger partial charge in [0.05, 0.1) is 15.9 Å². The fourth-order valence-electron chi connectivity index (χ4n) is 3.78. The van der Waals surface area contributed by atoms with Crippen molar-refractivity contribution in [3.05, 3.63) is 36.2 Å². The molecule has 8 heteroatoms. The van der Waals surface area contributed by atoms with Crippen molar-refractivity contribution in [2.75, 3.05) is 26.2 Å². The van der Waals surface area contributed by atoms with Crippen molar-refractivity contribution in [2.24, 2.45) is 7.05 Å². The van der Waals surface area contributed by atoms with Crippen LogP contribution < -0.4 is 0 Å². The van der Waals surface area contributed by atoms with E-state index in [0.29, 0.717) is 31.4 Å². The number of imidazole rings is 1. The van der Waals surface area contributed by atoms with Crippen molar-refractivity contribution in [1.29, 1.82) is 0 Å². The minimum atomic E-state index is -3.52. The molecular formula is C21H30N4O3S. The maximum Gasteiger partial charge on any atom is 0.243 e. The fraction of sp³-hybridized carbons (Fsp3) is 0.524. The fourth-order valence-corrected chi connectivity index (χ4v) is 5.25. The van der Waals surface area contributed by atoms with Gasteiger partial charge < -0.3 is 9.47 Å². The van der Waals surface area contributed by atoms with Gasteiger partial charge in [-0.3, -0.25) is 4.79 Å². The van der Waals surface area contributed by atoms with Crippen LogP contribution in [0.4, 0.5) is 0 Å². The Morgan fingerprint density at radius 3 is 2.48 bits per heavy atom. The molecule has 0 aliphatic carbocycles. The number of aromatic nitrogens is 2. The molecule has 0 N–H and O–H groups in total. The lowest BCUT2D eigenvalue weighted by Gasteiger charge is -2.28. The van der Waals surface area contributed by atoms with Gasteiger partial charge in [0, 0.05) is 46.1 Å². The summed E-state index contributed by atoms with van der Waals surface area (Å²) in [4.78, 5) is 19.3. The van der Waals surface area contributed by atoms with E-state index >= 15 is 0 Å². The van der Waals surface area contributed by atoms with E-state index in [2.05, 4.69) is 11.6 Å². The standard InChI is InChI=1S/C21H30N4O3S/c1-5-25(6-2)29(27,28)17-7-8-19-18(15-17)22-20(23(19)4)9-10-21(26)24-13-11-16(3)12-14-24/h7-8,15H,3,5-6,9-14H2,1-2,4H3. The van der Waals surface area contributed by atoms with Gasteiger partial charge in [0.25, 0.3) is 0 Å². The first-order chi connectivity index (χ1) is 13.8. The minimum Gasteiger partial charge on any atom is -0.342 e. The van der Waals surface area contributed by atoms with Gasteiger partial charge in [-0.25, -0.2) is 13.4 Å². The monoisotopic (exact) mass is 418 g/mol. The number of piperidine rings is 1. The Morgan fingerprint density at radius 2 is 1.86 bits per heavy atom. The second-order valence-electron chi connectivity index (χ2n) is 7.46. The van der Waals surface area contributed by atoms with Gasteiger partial charge in [0.1, 0.15) is 5.82 Å². The molecule has 1 aliphatic heterocycles. The van der Waals surface area contributed by atoms with E-state index in [9.17, 15) is 13.2 Å². The summed E-state index contributed by atoms with van der Waals surface area (Å²) in [6.45, 7) is 9.98. The molecule has 0 radical (unpaired) electrons. The highest BCUT2D eigenvalue weighted by Gasteiger charge is 2.23. The topological polar surface area (TPSA) is 75.5 Å². The number of aryl methyl sites for hydroxylation is 2. The molecule has 3 rings (SSSR count). The summed E-state index contributed by atoms with van der Waals surface area (Å²) in [6, 6.07) is 5.05. The van der Waals surface area contributed by atoms with Crippen LogP contribution in [-0.2, 0) is 28.3 Å². The Kier molecular flexibility index (Phi) is 6.43. The molecule has 158 valence electrons. The number of hydrogen-bond acceptors (Lipinski definition) is 4. The van der Waals surface area contributed by atoms with Crippen molar-refractivity contribution in [1.82, 2.24) is 18.8 Å². The number of sulfonamides is 1. The van der Waals surface area contributed by atoms with Crippen LogP contribution in [0.25, 0.3) is 11.0 Å². The summed E-state index contributed by atoms with van der Waals surface area (Å²) in [5, 5.41) is 0. The number of nitrogens with zero attached hydrogens (tertiary/aromatic N) is 4. The lowest BCUT2D eigenvalue weighted by Crippen LogP contribution is -2.36. The van der Waals surface area contributed by atoms with E-state index in [0.717, 1.165) is 37.3 Å². The summed E-state index contributed by atoms with van der Waals surface area (Å²) in [5.41, 5.74) is 2.71. The second-order valence-corrected chi connectivity index (χ2v) is 9.40. The average Bonchev–Trinajstić information content (AvgIpc) is 3.02. The quantitative estimate of drug-likeness (QED) is 0.648. The summed E-state index contributed by atoms with van der Waals surface area (Å²) in [6.07, 6.45) is 2.68. The maximum absolute atomic E-state index is 12.8. The zero-order valence-corrected chi connectivity index (χ0v) is 18.3. The molecule has 1 aromatic heterocycles. The molecule has 7 nitrogen and oxygen atoms in total. The number of hydrogen-bond donors (Lipinski definition) is 0. The average molecular weight is 419 g/mol. The molecule has 1 amide bonds. The van der Waals surface area contributed by atoms with Crippen LogP contribution in [0.1, 0.15) is 38.9 Å². The highest BCUT2D eigenvalue weighted by Crippen LogP contribution is 2.23. The number of likely N-dealkylation sites (tertiary alicyclic amines) is 1. The molecule has 0 unspecified atom stereocenters. The first-order valence-corrected chi connectivity index (χ1v) is 11.6. The normalized spacial score (nSPS) is 15.4. The number of carbonyl (C=O) groups is 1. The summed E-state index contributed by atoms with van der Waals surface area (Å²) in [5.74, 6) is 0.918. The second kappa shape index (κ2) is 8.67. The first kappa shape index (κ1) is 21.5. The van der Waals surface area contributed by atoms with Crippen LogP contribution in [0.2, 0.25) is 0 Å². The molecular weight excluding hydrogens is 388 g/mol. The molecule has 1 aliphatic rings. The van der Waals surface area contributed by atoms with Crippen LogP contribution >= 0.6 is 0 Å². The van der Waals surface area contributed by atoms with Crippen LogP contribution in [0, 0.1) is 0 Å². The number of fused-ring (bicyclic) bond motifs is 1. The number of amides is 1. The molecule has 2 aromatic rings. The Hall–Kier alpha value is -2.19. The third-order valence-corrected chi connectivity index (χ3v) is 7.72. The van der Waals surface area contributed by atoms with E-state index in [1.54, 1.807) is 18.2 Å². The third-order valence-electron chi connectivity index (χ3n) is 5.67. The lowest BCUT2D eigenvalue weighted by molar-refractivity contribution is -0.131. The molecule has 0 atom stereocenters. The predicted octanol–water partition coefficient (Wildman–Crippen LogP) is 2.72. The summed E-state index contributed by atoms with van der Waals surface area (Å²) >= 11 is 0. The Labute approximate surface area is 173 Å². The van der Waals surface area contributed by atoms with Gasteiger partial charge in [0.2, 0.25) is 15.9 Å². The van der Waals surface area contributed by atoms with Crippen LogP contribution in [-0.4, -0.2) is 59.3 Å². The van der Waals surface area contributed by atoms with Crippen LogP contribution in [0.15, 0.2) is 35.2 Å². The van der Waals surface area contributed by atoms with E-state index < -0.39 is 10.0 Å². The summed E-state index contributed by atoms with van der Waals surface area (Å²) < 4.78 is 28.9. The SMILES string of the molecule is C=C1CCN(C(=O)CCc2nc3cc(S(=O)(=O)N(CC)CC)ccc3n2C)CC1. The predicted molar refractivity (Wildman–Crippen MR) is 114 cm³/mol. The Morgan fingerprint density at radius 1 is 1.21 bits per heavy atom. The van der Waals surface area contributed by atoms with Crippen molar-refractivity contribution < 1.29 is 13.2 Å². The maximum atomic E-state index is 12.8. The van der Waals surface area contributed by atoms with Gasteiger partial charge in [0.15, 0.2) is 0 Å². The molecule has 2 heterocycles. The number of benzene rings is 1.